The SMILES string of the molecule is C=C\C=C(/C=C/C(N)=N\O)C(=O)NCC(=C)/C=C(\C=C)CCCCC. The lowest BCUT2D eigenvalue weighted by Gasteiger charge is -2.07. The van der Waals surface area contributed by atoms with Crippen LogP contribution in [0.2, 0.25) is 0 Å². The molecule has 0 aromatic rings. The Kier molecular flexibility index (Phi) is 12.1. The molecule has 0 radical (unpaired) electrons. The molecule has 136 valence electrons. The van der Waals surface area contributed by atoms with Crippen LogP contribution in [0.15, 0.2) is 78.1 Å². The topological polar surface area (TPSA) is 87.7 Å². The maximum Gasteiger partial charge on any atom is 0.251 e. The molecule has 5 heteroatoms. The quantitative estimate of drug-likeness (QED) is 0.0958. The maximum absolute atomic E-state index is 12.2. The molecule has 0 aromatic carbocycles. The molecule has 4 N–H and O–H groups in total. The summed E-state index contributed by atoms with van der Waals surface area (Å²) >= 11 is 0. The summed E-state index contributed by atoms with van der Waals surface area (Å²) in [5.74, 6) is -0.402. The summed E-state index contributed by atoms with van der Waals surface area (Å²) in [6.07, 6.45) is 14.0. The van der Waals surface area contributed by atoms with Gasteiger partial charge in [-0.2, -0.15) is 0 Å². The van der Waals surface area contributed by atoms with Crippen molar-refractivity contribution in [2.75, 3.05) is 6.54 Å². The fourth-order valence-corrected chi connectivity index (χ4v) is 1.96. The van der Waals surface area contributed by atoms with E-state index >= 15 is 0 Å². The van der Waals surface area contributed by atoms with Crippen LogP contribution in [0.3, 0.4) is 0 Å². The van der Waals surface area contributed by atoms with Gasteiger partial charge in [0.15, 0.2) is 5.84 Å². The summed E-state index contributed by atoms with van der Waals surface area (Å²) in [7, 11) is 0. The summed E-state index contributed by atoms with van der Waals surface area (Å²) in [5.41, 5.74) is 7.60. The number of nitrogens with zero attached hydrogens (tertiary/aromatic N) is 1. The molecule has 0 bridgehead atoms. The molecular formula is C20H29N3O2. The normalized spacial score (nSPS) is 12.9. The Bertz CT molecular complexity index is 596. The van der Waals surface area contributed by atoms with Crippen LogP contribution in [0.25, 0.3) is 0 Å². The molecule has 5 nitrogen and oxygen atoms in total. The van der Waals surface area contributed by atoms with Gasteiger partial charge in [0.1, 0.15) is 0 Å². The molecule has 0 aliphatic rings. The van der Waals surface area contributed by atoms with Gasteiger partial charge in [0.05, 0.1) is 0 Å². The third-order valence-electron chi connectivity index (χ3n) is 3.31. The predicted molar refractivity (Wildman–Crippen MR) is 105 cm³/mol. The second-order valence-electron chi connectivity index (χ2n) is 5.44. The zero-order valence-corrected chi connectivity index (χ0v) is 15.0. The van der Waals surface area contributed by atoms with Crippen LogP contribution < -0.4 is 11.1 Å². The third kappa shape index (κ3) is 10.5. The van der Waals surface area contributed by atoms with E-state index in [2.05, 4.69) is 37.1 Å². The Morgan fingerprint density at radius 3 is 2.56 bits per heavy atom. The van der Waals surface area contributed by atoms with Crippen molar-refractivity contribution in [2.45, 2.75) is 32.6 Å². The van der Waals surface area contributed by atoms with Crippen LogP contribution >= 0.6 is 0 Å². The number of unbranched alkanes of at least 4 members (excludes halogenated alkanes) is 2. The number of hydrogen-bond donors (Lipinski definition) is 3. The number of hydrogen-bond acceptors (Lipinski definition) is 3. The van der Waals surface area contributed by atoms with Gasteiger partial charge in [0.25, 0.3) is 5.91 Å². The van der Waals surface area contributed by atoms with Crippen LogP contribution in [0.5, 0.6) is 0 Å². The Morgan fingerprint density at radius 2 is 2.00 bits per heavy atom. The number of rotatable bonds is 12. The Hall–Kier alpha value is -2.82. The van der Waals surface area contributed by atoms with Gasteiger partial charge in [-0.05, 0) is 36.1 Å². The zero-order valence-electron chi connectivity index (χ0n) is 15.0. The van der Waals surface area contributed by atoms with Crippen LogP contribution in [-0.4, -0.2) is 23.5 Å². The van der Waals surface area contributed by atoms with Crippen molar-refractivity contribution in [1.29, 1.82) is 0 Å². The average Bonchev–Trinajstić information content (AvgIpc) is 2.61. The number of nitrogens with two attached hydrogens (primary N) is 1. The van der Waals surface area contributed by atoms with E-state index in [1.54, 1.807) is 0 Å². The number of allylic oxidation sites excluding steroid dienone is 4. The second kappa shape index (κ2) is 13.6. The molecule has 0 aromatic heterocycles. The van der Waals surface area contributed by atoms with E-state index in [1.807, 2.05) is 12.2 Å². The first-order valence-corrected chi connectivity index (χ1v) is 8.25. The van der Waals surface area contributed by atoms with E-state index in [4.69, 9.17) is 10.9 Å². The molecule has 0 spiro atoms. The lowest BCUT2D eigenvalue weighted by Crippen LogP contribution is -2.26. The number of oxime groups is 1. The molecule has 25 heavy (non-hydrogen) atoms. The van der Waals surface area contributed by atoms with Crippen LogP contribution in [0, 0.1) is 0 Å². The van der Waals surface area contributed by atoms with Crippen LogP contribution in [-0.2, 0) is 4.79 Å². The summed E-state index contributed by atoms with van der Waals surface area (Å²) in [6.45, 7) is 13.8. The van der Waals surface area contributed by atoms with E-state index in [0.29, 0.717) is 12.1 Å². The molecule has 1 amide bonds. The minimum absolute atomic E-state index is 0.0993. The molecule has 0 atom stereocenters. The highest BCUT2D eigenvalue weighted by atomic mass is 16.4. The van der Waals surface area contributed by atoms with E-state index in [0.717, 1.165) is 24.0 Å². The van der Waals surface area contributed by atoms with Gasteiger partial charge in [0, 0.05) is 12.1 Å². The summed E-state index contributed by atoms with van der Waals surface area (Å²) in [5, 5.41) is 14.1. The van der Waals surface area contributed by atoms with Crippen molar-refractivity contribution in [3.05, 3.63) is 72.9 Å². The summed E-state index contributed by atoms with van der Waals surface area (Å²) in [6, 6.07) is 0. The number of nitrogens with one attached hydrogen (secondary N) is 1. The Balaban J connectivity index is 4.74. The second-order valence-corrected chi connectivity index (χ2v) is 5.44. The minimum atomic E-state index is -0.303. The molecule has 0 heterocycles. The molecule has 0 aliphatic carbocycles. The Labute approximate surface area is 150 Å². The van der Waals surface area contributed by atoms with E-state index in [1.165, 1.54) is 37.1 Å². The predicted octanol–water partition coefficient (Wildman–Crippen LogP) is 3.77. The van der Waals surface area contributed by atoms with Crippen molar-refractivity contribution >= 4 is 11.7 Å². The number of carbonyl (C=O) groups excluding carboxylic acids is 1. The molecule has 0 fully saturated rings. The monoisotopic (exact) mass is 343 g/mol. The molecular weight excluding hydrogens is 314 g/mol. The van der Waals surface area contributed by atoms with Gasteiger partial charge < -0.3 is 16.3 Å². The van der Waals surface area contributed by atoms with Crippen molar-refractivity contribution in [3.63, 3.8) is 0 Å². The smallest absolute Gasteiger partial charge is 0.251 e. The Morgan fingerprint density at radius 1 is 1.28 bits per heavy atom. The van der Waals surface area contributed by atoms with Gasteiger partial charge in [-0.1, -0.05) is 69.0 Å². The van der Waals surface area contributed by atoms with E-state index < -0.39 is 0 Å². The van der Waals surface area contributed by atoms with Gasteiger partial charge >= 0.3 is 0 Å². The van der Waals surface area contributed by atoms with Gasteiger partial charge in [-0.3, -0.25) is 4.79 Å². The standard InChI is InChI=1S/C20H29N3O2/c1-5-8-9-11-17(7-3)14-16(4)15-22-20(24)18(10-6-2)12-13-19(21)23-25/h6-7,10,12-14,25H,2-5,8-9,11,15H2,1H3,(H2,21,23)(H,22,24)/b13-12+,17-14+,18-10+. The van der Waals surface area contributed by atoms with E-state index in [-0.39, 0.29) is 11.7 Å². The number of carbonyl (C=O) groups is 1. The highest BCUT2D eigenvalue weighted by Gasteiger charge is 2.06. The zero-order chi connectivity index (χ0) is 19.1. The fourth-order valence-electron chi connectivity index (χ4n) is 1.96. The maximum atomic E-state index is 12.2. The lowest BCUT2D eigenvalue weighted by atomic mass is 10.0. The number of amidine groups is 1. The lowest BCUT2D eigenvalue weighted by molar-refractivity contribution is -0.117. The van der Waals surface area contributed by atoms with Crippen LogP contribution in [0.1, 0.15) is 32.6 Å². The summed E-state index contributed by atoms with van der Waals surface area (Å²) < 4.78 is 0. The molecule has 0 aliphatic heterocycles. The van der Waals surface area contributed by atoms with Gasteiger partial charge in [-0.15, -0.1) is 0 Å². The molecule has 0 saturated carbocycles. The average molecular weight is 343 g/mol. The highest BCUT2D eigenvalue weighted by molar-refractivity contribution is 5.99. The van der Waals surface area contributed by atoms with E-state index in [9.17, 15) is 4.79 Å². The highest BCUT2D eigenvalue weighted by Crippen LogP contribution is 2.12. The van der Waals surface area contributed by atoms with Gasteiger partial charge in [-0.25, -0.2) is 0 Å². The number of amides is 1. The van der Waals surface area contributed by atoms with Crippen molar-refractivity contribution in [1.82, 2.24) is 5.32 Å². The molecule has 0 rings (SSSR count). The first-order valence-electron chi connectivity index (χ1n) is 8.25. The first-order chi connectivity index (χ1) is 12.0. The van der Waals surface area contributed by atoms with Crippen molar-refractivity contribution in [2.24, 2.45) is 10.9 Å². The van der Waals surface area contributed by atoms with Crippen molar-refractivity contribution < 1.29 is 10.0 Å². The third-order valence-corrected chi connectivity index (χ3v) is 3.31. The molecule has 0 saturated heterocycles. The largest absolute Gasteiger partial charge is 0.409 e. The molecule has 0 unspecified atom stereocenters. The minimum Gasteiger partial charge on any atom is -0.409 e. The fraction of sp³-hybridized carbons (Fsp3) is 0.300. The summed E-state index contributed by atoms with van der Waals surface area (Å²) in [4.78, 5) is 12.2. The first kappa shape index (κ1) is 22.2. The van der Waals surface area contributed by atoms with Crippen LogP contribution in [0.4, 0.5) is 0 Å². The van der Waals surface area contributed by atoms with Gasteiger partial charge in [0.2, 0.25) is 0 Å². The van der Waals surface area contributed by atoms with Crippen molar-refractivity contribution in [3.8, 4) is 0 Å².